The molecule has 21 heavy (non-hydrogen) atoms. The van der Waals surface area contributed by atoms with Gasteiger partial charge in [-0.2, -0.15) is 23.5 Å². The van der Waals surface area contributed by atoms with Crippen molar-refractivity contribution in [2.75, 3.05) is 30.6 Å². The lowest BCUT2D eigenvalue weighted by Gasteiger charge is -2.23. The van der Waals surface area contributed by atoms with Crippen LogP contribution < -0.4 is 14.8 Å². The van der Waals surface area contributed by atoms with Crippen LogP contribution in [0.25, 0.3) is 0 Å². The SMILES string of the molecule is CC(CCc1ccc2c(c1)OCO2)NCC1CSCCS1. The van der Waals surface area contributed by atoms with Gasteiger partial charge in [0.1, 0.15) is 0 Å². The predicted molar refractivity (Wildman–Crippen MR) is 91.9 cm³/mol. The minimum atomic E-state index is 0.355. The molecule has 0 spiro atoms. The summed E-state index contributed by atoms with van der Waals surface area (Å²) in [7, 11) is 0. The first-order chi connectivity index (χ1) is 10.3. The van der Waals surface area contributed by atoms with Crippen molar-refractivity contribution in [3.8, 4) is 11.5 Å². The topological polar surface area (TPSA) is 30.5 Å². The van der Waals surface area contributed by atoms with Gasteiger partial charge in [0.15, 0.2) is 11.5 Å². The van der Waals surface area contributed by atoms with Crippen LogP contribution in [0.1, 0.15) is 18.9 Å². The summed E-state index contributed by atoms with van der Waals surface area (Å²) in [5, 5.41) is 4.47. The monoisotopic (exact) mass is 325 g/mol. The molecule has 0 aliphatic carbocycles. The maximum atomic E-state index is 5.43. The molecule has 2 heterocycles. The van der Waals surface area contributed by atoms with Gasteiger partial charge in [0.2, 0.25) is 6.79 Å². The smallest absolute Gasteiger partial charge is 0.231 e. The number of benzene rings is 1. The molecule has 0 radical (unpaired) electrons. The van der Waals surface area contributed by atoms with Crippen molar-refractivity contribution in [2.24, 2.45) is 0 Å². The second-order valence-electron chi connectivity index (χ2n) is 5.60. The average Bonchev–Trinajstić information content (AvgIpc) is 2.99. The lowest BCUT2D eigenvalue weighted by atomic mass is 10.1. The molecule has 2 unspecified atom stereocenters. The van der Waals surface area contributed by atoms with Gasteiger partial charge in [0.25, 0.3) is 0 Å². The van der Waals surface area contributed by atoms with E-state index in [9.17, 15) is 0 Å². The van der Waals surface area contributed by atoms with E-state index in [1.807, 2.05) is 6.07 Å². The Morgan fingerprint density at radius 2 is 2.19 bits per heavy atom. The third kappa shape index (κ3) is 4.47. The van der Waals surface area contributed by atoms with Crippen LogP contribution in [0.2, 0.25) is 0 Å². The van der Waals surface area contributed by atoms with Crippen LogP contribution in [0.3, 0.4) is 0 Å². The van der Waals surface area contributed by atoms with Gasteiger partial charge in [0.05, 0.1) is 0 Å². The molecule has 1 saturated heterocycles. The summed E-state index contributed by atoms with van der Waals surface area (Å²) in [6.07, 6.45) is 2.24. The molecular weight excluding hydrogens is 302 g/mol. The fourth-order valence-corrected chi connectivity index (χ4v) is 5.19. The Balaban J connectivity index is 1.40. The Hall–Kier alpha value is -0.520. The summed E-state index contributed by atoms with van der Waals surface area (Å²) in [4.78, 5) is 0. The van der Waals surface area contributed by atoms with Crippen LogP contribution in [0, 0.1) is 0 Å². The van der Waals surface area contributed by atoms with E-state index in [0.717, 1.165) is 36.1 Å². The van der Waals surface area contributed by atoms with Crippen LogP contribution in [0.4, 0.5) is 0 Å². The highest BCUT2D eigenvalue weighted by Gasteiger charge is 2.16. The number of aryl methyl sites for hydroxylation is 1. The van der Waals surface area contributed by atoms with Gasteiger partial charge >= 0.3 is 0 Å². The Morgan fingerprint density at radius 1 is 1.29 bits per heavy atom. The first-order valence-electron chi connectivity index (χ1n) is 7.62. The van der Waals surface area contributed by atoms with Gasteiger partial charge in [-0.05, 0) is 37.5 Å². The lowest BCUT2D eigenvalue weighted by Crippen LogP contribution is -2.35. The molecule has 1 fully saturated rings. The highest BCUT2D eigenvalue weighted by atomic mass is 32.2. The molecule has 5 heteroatoms. The normalized spacial score (nSPS) is 22.2. The molecular formula is C16H23NO2S2. The highest BCUT2D eigenvalue weighted by molar-refractivity contribution is 8.06. The minimum Gasteiger partial charge on any atom is -0.454 e. The van der Waals surface area contributed by atoms with Gasteiger partial charge in [-0.15, -0.1) is 0 Å². The quantitative estimate of drug-likeness (QED) is 0.868. The molecule has 1 aromatic rings. The molecule has 116 valence electrons. The fraction of sp³-hybridized carbons (Fsp3) is 0.625. The number of hydrogen-bond acceptors (Lipinski definition) is 5. The van der Waals surface area contributed by atoms with Crippen molar-refractivity contribution in [3.63, 3.8) is 0 Å². The third-order valence-electron chi connectivity index (χ3n) is 3.88. The summed E-state index contributed by atoms with van der Waals surface area (Å²) in [6.45, 7) is 3.78. The lowest BCUT2D eigenvalue weighted by molar-refractivity contribution is 0.174. The maximum Gasteiger partial charge on any atom is 0.231 e. The summed E-state index contributed by atoms with van der Waals surface area (Å²) >= 11 is 4.21. The van der Waals surface area contributed by atoms with Crippen LogP contribution in [-0.2, 0) is 6.42 Å². The molecule has 1 aromatic carbocycles. The van der Waals surface area contributed by atoms with Crippen LogP contribution in [0.5, 0.6) is 11.5 Å². The zero-order valence-corrected chi connectivity index (χ0v) is 14.1. The van der Waals surface area contributed by atoms with Gasteiger partial charge in [-0.25, -0.2) is 0 Å². The van der Waals surface area contributed by atoms with Crippen molar-refractivity contribution in [1.29, 1.82) is 0 Å². The molecule has 0 saturated carbocycles. The Bertz CT molecular complexity index is 464. The number of ether oxygens (including phenoxy) is 2. The largest absolute Gasteiger partial charge is 0.454 e. The van der Waals surface area contributed by atoms with Crippen LogP contribution in [0.15, 0.2) is 18.2 Å². The molecule has 1 N–H and O–H groups in total. The van der Waals surface area contributed by atoms with E-state index in [1.54, 1.807) is 0 Å². The van der Waals surface area contributed by atoms with E-state index < -0.39 is 0 Å². The van der Waals surface area contributed by atoms with E-state index in [2.05, 4.69) is 47.9 Å². The van der Waals surface area contributed by atoms with Crippen molar-refractivity contribution in [3.05, 3.63) is 23.8 Å². The van der Waals surface area contributed by atoms with Crippen molar-refractivity contribution >= 4 is 23.5 Å². The maximum absolute atomic E-state index is 5.43. The number of rotatable bonds is 6. The van der Waals surface area contributed by atoms with E-state index in [4.69, 9.17) is 9.47 Å². The number of nitrogens with one attached hydrogen (secondary N) is 1. The summed E-state index contributed by atoms with van der Waals surface area (Å²) < 4.78 is 10.8. The molecule has 2 aliphatic rings. The first-order valence-corrected chi connectivity index (χ1v) is 9.83. The van der Waals surface area contributed by atoms with Crippen molar-refractivity contribution < 1.29 is 9.47 Å². The number of fused-ring (bicyclic) bond motifs is 1. The van der Waals surface area contributed by atoms with Gasteiger partial charge in [-0.1, -0.05) is 6.07 Å². The highest BCUT2D eigenvalue weighted by Crippen LogP contribution is 2.32. The zero-order chi connectivity index (χ0) is 14.5. The standard InChI is InChI=1S/C16H23NO2S2/c1-12(17-9-14-10-20-6-7-21-14)2-3-13-4-5-15-16(8-13)19-11-18-15/h4-5,8,12,14,17H,2-3,6-7,9-11H2,1H3. The summed E-state index contributed by atoms with van der Waals surface area (Å²) in [5.41, 5.74) is 1.33. The molecule has 2 aliphatic heterocycles. The Kier molecular flexibility index (Phi) is 5.61. The second kappa shape index (κ2) is 7.65. The van der Waals surface area contributed by atoms with Gasteiger partial charge in [0, 0.05) is 35.1 Å². The number of hydrogen-bond donors (Lipinski definition) is 1. The number of thioether (sulfide) groups is 2. The Labute approximate surface area is 135 Å². The van der Waals surface area contributed by atoms with Crippen LogP contribution in [-0.4, -0.2) is 41.9 Å². The van der Waals surface area contributed by atoms with E-state index in [0.29, 0.717) is 12.8 Å². The molecule has 0 bridgehead atoms. The predicted octanol–water partition coefficient (Wildman–Crippen LogP) is 3.17. The molecule has 3 rings (SSSR count). The first kappa shape index (κ1) is 15.4. The van der Waals surface area contributed by atoms with Crippen LogP contribution >= 0.6 is 23.5 Å². The summed E-state index contributed by atoms with van der Waals surface area (Å²) in [5.74, 6) is 5.69. The third-order valence-corrected chi connectivity index (χ3v) is 6.73. The van der Waals surface area contributed by atoms with Crippen molar-refractivity contribution in [2.45, 2.75) is 31.1 Å². The summed E-state index contributed by atoms with van der Waals surface area (Å²) in [6, 6.07) is 6.84. The van der Waals surface area contributed by atoms with Gasteiger partial charge in [-0.3, -0.25) is 0 Å². The fourth-order valence-electron chi connectivity index (χ4n) is 2.57. The Morgan fingerprint density at radius 3 is 3.05 bits per heavy atom. The van der Waals surface area contributed by atoms with Crippen molar-refractivity contribution in [1.82, 2.24) is 5.32 Å². The molecule has 0 amide bonds. The second-order valence-corrected chi connectivity index (χ2v) is 8.16. The van der Waals surface area contributed by atoms with E-state index >= 15 is 0 Å². The molecule has 0 aromatic heterocycles. The molecule has 2 atom stereocenters. The van der Waals surface area contributed by atoms with E-state index in [-0.39, 0.29) is 0 Å². The van der Waals surface area contributed by atoms with Gasteiger partial charge < -0.3 is 14.8 Å². The molecule has 3 nitrogen and oxygen atoms in total. The van der Waals surface area contributed by atoms with E-state index in [1.165, 1.54) is 22.8 Å². The average molecular weight is 325 g/mol. The minimum absolute atomic E-state index is 0.355. The zero-order valence-electron chi connectivity index (χ0n) is 12.5.